The minimum Gasteiger partial charge on any atom is -0.465 e. The van der Waals surface area contributed by atoms with Crippen LogP contribution < -0.4 is 0 Å². The zero-order valence-corrected chi connectivity index (χ0v) is 18.9. The van der Waals surface area contributed by atoms with Gasteiger partial charge in [0.05, 0.1) is 18.4 Å². The molecule has 144 valence electrons. The number of hydrogen-bond acceptors (Lipinski definition) is 3. The van der Waals surface area contributed by atoms with E-state index in [1.807, 2.05) is 19.2 Å². The minimum absolute atomic E-state index is 0.358. The number of benzene rings is 2. The van der Waals surface area contributed by atoms with Crippen LogP contribution >= 0.6 is 22.6 Å². The quantitative estimate of drug-likeness (QED) is 0.264. The highest BCUT2D eigenvalue weighted by Gasteiger charge is 2.11. The Labute approximate surface area is 179 Å². The van der Waals surface area contributed by atoms with Gasteiger partial charge in [0.2, 0.25) is 0 Å². The van der Waals surface area contributed by atoms with Gasteiger partial charge in [0.1, 0.15) is 0 Å². The van der Waals surface area contributed by atoms with Crippen molar-refractivity contribution in [1.29, 1.82) is 0 Å². The Hall–Kier alpha value is -2.41. The molecular formula is C23H23IN2O2. The van der Waals surface area contributed by atoms with Crippen LogP contribution in [0, 0.1) is 31.3 Å². The fraction of sp³-hybridized carbons (Fsp3) is 0.217. The van der Waals surface area contributed by atoms with Crippen LogP contribution in [-0.2, 0) is 4.74 Å². The summed E-state index contributed by atoms with van der Waals surface area (Å²) in [6.07, 6.45) is 1.86. The van der Waals surface area contributed by atoms with Crippen LogP contribution in [0.1, 0.15) is 38.4 Å². The third-order valence-corrected chi connectivity index (χ3v) is 6.05. The minimum atomic E-state index is -0.358. The highest BCUT2D eigenvalue weighted by molar-refractivity contribution is 14.1. The van der Waals surface area contributed by atoms with E-state index in [-0.39, 0.29) is 5.97 Å². The Bertz CT molecular complexity index is 1080. The standard InChI is InChI=1S/C23H23IN2O2/c1-14-6-7-18(23(27)28-5)12-22(14)25-13-19-11-16(3)26(17(19)4)20-8-9-21(24)15(2)10-20/h6-13H,1-5H3. The summed E-state index contributed by atoms with van der Waals surface area (Å²) in [5.74, 6) is -0.358. The van der Waals surface area contributed by atoms with Gasteiger partial charge in [0.15, 0.2) is 0 Å². The van der Waals surface area contributed by atoms with Crippen molar-refractivity contribution in [2.75, 3.05) is 7.11 Å². The molecule has 1 aromatic heterocycles. The Kier molecular flexibility index (Phi) is 6.03. The van der Waals surface area contributed by atoms with Crippen molar-refractivity contribution >= 4 is 40.5 Å². The average Bonchev–Trinajstić information content (AvgIpc) is 2.96. The molecule has 0 aliphatic heterocycles. The number of halogens is 1. The molecule has 1 heterocycles. The number of esters is 1. The Morgan fingerprint density at radius 3 is 2.46 bits per heavy atom. The topological polar surface area (TPSA) is 43.6 Å². The van der Waals surface area contributed by atoms with Gasteiger partial charge in [-0.15, -0.1) is 0 Å². The van der Waals surface area contributed by atoms with Crippen LogP contribution in [0.5, 0.6) is 0 Å². The summed E-state index contributed by atoms with van der Waals surface area (Å²) < 4.78 is 8.30. The molecule has 0 aliphatic rings. The molecule has 0 saturated carbocycles. The van der Waals surface area contributed by atoms with Gasteiger partial charge < -0.3 is 9.30 Å². The van der Waals surface area contributed by atoms with E-state index in [0.29, 0.717) is 5.56 Å². The van der Waals surface area contributed by atoms with Gasteiger partial charge in [0, 0.05) is 32.4 Å². The third kappa shape index (κ3) is 4.04. The number of carbonyl (C=O) groups is 1. The summed E-state index contributed by atoms with van der Waals surface area (Å²) in [5.41, 5.74) is 8.01. The smallest absolute Gasteiger partial charge is 0.337 e. The molecule has 28 heavy (non-hydrogen) atoms. The normalized spacial score (nSPS) is 11.2. The molecule has 0 bridgehead atoms. The lowest BCUT2D eigenvalue weighted by Crippen LogP contribution is -2.01. The monoisotopic (exact) mass is 486 g/mol. The van der Waals surface area contributed by atoms with E-state index in [4.69, 9.17) is 4.74 Å². The molecule has 0 saturated heterocycles. The highest BCUT2D eigenvalue weighted by Crippen LogP contribution is 2.24. The van der Waals surface area contributed by atoms with Gasteiger partial charge in [0.25, 0.3) is 0 Å². The van der Waals surface area contributed by atoms with Gasteiger partial charge in [-0.3, -0.25) is 4.99 Å². The Balaban J connectivity index is 1.98. The second-order valence-electron chi connectivity index (χ2n) is 6.85. The molecule has 0 amide bonds. The van der Waals surface area contributed by atoms with Crippen molar-refractivity contribution in [1.82, 2.24) is 4.57 Å². The summed E-state index contributed by atoms with van der Waals surface area (Å²) in [6, 6.07) is 14.0. The maximum atomic E-state index is 11.8. The highest BCUT2D eigenvalue weighted by atomic mass is 127. The van der Waals surface area contributed by atoms with Crippen molar-refractivity contribution < 1.29 is 9.53 Å². The second-order valence-corrected chi connectivity index (χ2v) is 8.01. The average molecular weight is 486 g/mol. The van der Waals surface area contributed by atoms with E-state index in [0.717, 1.165) is 33.9 Å². The molecule has 4 nitrogen and oxygen atoms in total. The number of carbonyl (C=O) groups excluding carboxylic acids is 1. The molecule has 0 atom stereocenters. The predicted octanol–water partition coefficient (Wildman–Crippen LogP) is 5.85. The molecule has 0 radical (unpaired) electrons. The Morgan fingerprint density at radius 1 is 1.04 bits per heavy atom. The van der Waals surface area contributed by atoms with Gasteiger partial charge in [-0.2, -0.15) is 0 Å². The molecule has 0 fully saturated rings. The lowest BCUT2D eigenvalue weighted by molar-refractivity contribution is 0.0601. The zero-order chi connectivity index (χ0) is 20.4. The van der Waals surface area contributed by atoms with Crippen molar-refractivity contribution in [3.8, 4) is 5.69 Å². The third-order valence-electron chi connectivity index (χ3n) is 4.84. The van der Waals surface area contributed by atoms with Crippen LogP contribution in [0.25, 0.3) is 5.69 Å². The van der Waals surface area contributed by atoms with Gasteiger partial charge in [-0.1, -0.05) is 6.07 Å². The molecule has 0 unspecified atom stereocenters. The van der Waals surface area contributed by atoms with Crippen LogP contribution in [-0.4, -0.2) is 23.9 Å². The fourth-order valence-electron chi connectivity index (χ4n) is 3.22. The maximum absolute atomic E-state index is 11.8. The van der Waals surface area contributed by atoms with Gasteiger partial charge in [-0.05, 0) is 97.8 Å². The molecule has 5 heteroatoms. The van der Waals surface area contributed by atoms with E-state index >= 15 is 0 Å². The number of aromatic nitrogens is 1. The summed E-state index contributed by atoms with van der Waals surface area (Å²) in [6.45, 7) is 8.30. The fourth-order valence-corrected chi connectivity index (χ4v) is 3.55. The molecular weight excluding hydrogens is 463 g/mol. The molecule has 3 rings (SSSR count). The number of rotatable bonds is 4. The summed E-state index contributed by atoms with van der Waals surface area (Å²) in [7, 11) is 1.38. The number of methoxy groups -OCH3 is 1. The van der Waals surface area contributed by atoms with Crippen molar-refractivity contribution in [2.24, 2.45) is 4.99 Å². The van der Waals surface area contributed by atoms with Crippen molar-refractivity contribution in [3.05, 3.63) is 79.7 Å². The van der Waals surface area contributed by atoms with Crippen molar-refractivity contribution in [2.45, 2.75) is 27.7 Å². The van der Waals surface area contributed by atoms with E-state index in [1.165, 1.54) is 16.2 Å². The molecule has 0 spiro atoms. The maximum Gasteiger partial charge on any atom is 0.337 e. The first-order valence-electron chi connectivity index (χ1n) is 9.00. The Morgan fingerprint density at radius 2 is 1.79 bits per heavy atom. The first-order chi connectivity index (χ1) is 13.3. The van der Waals surface area contributed by atoms with Crippen LogP contribution in [0.2, 0.25) is 0 Å². The van der Waals surface area contributed by atoms with E-state index in [9.17, 15) is 4.79 Å². The zero-order valence-electron chi connectivity index (χ0n) is 16.7. The van der Waals surface area contributed by atoms with Gasteiger partial charge >= 0.3 is 5.97 Å². The molecule has 3 aromatic rings. The number of aliphatic imine (C=N–C) groups is 1. The number of ether oxygens (including phenoxy) is 1. The van der Waals surface area contributed by atoms with E-state index < -0.39 is 0 Å². The van der Waals surface area contributed by atoms with E-state index in [2.05, 4.69) is 77.2 Å². The number of aryl methyl sites for hydroxylation is 3. The largest absolute Gasteiger partial charge is 0.465 e. The summed E-state index contributed by atoms with van der Waals surface area (Å²) >= 11 is 2.35. The van der Waals surface area contributed by atoms with Crippen LogP contribution in [0.3, 0.4) is 0 Å². The van der Waals surface area contributed by atoms with Gasteiger partial charge in [-0.25, -0.2) is 4.79 Å². The van der Waals surface area contributed by atoms with E-state index in [1.54, 1.807) is 12.1 Å². The van der Waals surface area contributed by atoms with Crippen LogP contribution in [0.4, 0.5) is 5.69 Å². The first-order valence-corrected chi connectivity index (χ1v) is 10.1. The molecule has 0 aliphatic carbocycles. The number of nitrogens with zero attached hydrogens (tertiary/aromatic N) is 2. The summed E-state index contributed by atoms with van der Waals surface area (Å²) in [4.78, 5) is 16.4. The molecule has 2 aromatic carbocycles. The lowest BCUT2D eigenvalue weighted by atomic mass is 10.1. The summed E-state index contributed by atoms with van der Waals surface area (Å²) in [5, 5.41) is 0. The SMILES string of the molecule is COC(=O)c1ccc(C)c(N=Cc2cc(C)n(-c3ccc(I)c(C)c3)c2C)c1. The van der Waals surface area contributed by atoms with Crippen molar-refractivity contribution in [3.63, 3.8) is 0 Å². The predicted molar refractivity (Wildman–Crippen MR) is 122 cm³/mol. The second kappa shape index (κ2) is 8.31. The molecule has 0 N–H and O–H groups in total. The first kappa shape index (κ1) is 20.3. The number of hydrogen-bond donors (Lipinski definition) is 0. The lowest BCUT2D eigenvalue weighted by Gasteiger charge is -2.11. The van der Waals surface area contributed by atoms with Crippen LogP contribution in [0.15, 0.2) is 47.5 Å².